The SMILES string of the molecule is O=C1CC=CC2=CN(Cc3ccc(C(C(=O)O)C4CCCC4)cc3)CC12. The van der Waals surface area contributed by atoms with Gasteiger partial charge in [0.2, 0.25) is 0 Å². The van der Waals surface area contributed by atoms with Crippen molar-refractivity contribution in [2.45, 2.75) is 44.6 Å². The van der Waals surface area contributed by atoms with Crippen LogP contribution in [0.3, 0.4) is 0 Å². The Balaban J connectivity index is 1.45. The Bertz CT molecular complexity index is 756. The lowest BCUT2D eigenvalue weighted by atomic mass is 9.84. The Hall–Kier alpha value is -2.36. The molecule has 0 spiro atoms. The summed E-state index contributed by atoms with van der Waals surface area (Å²) in [5.74, 6) is -0.493. The number of ketones is 1. The number of hydrogen-bond donors (Lipinski definition) is 1. The first-order valence-electron chi connectivity index (χ1n) is 9.58. The zero-order chi connectivity index (χ0) is 18.1. The van der Waals surface area contributed by atoms with Gasteiger partial charge in [-0.25, -0.2) is 0 Å². The molecule has 4 nitrogen and oxygen atoms in total. The van der Waals surface area contributed by atoms with E-state index in [0.717, 1.165) is 55.5 Å². The lowest BCUT2D eigenvalue weighted by molar-refractivity contribution is -0.140. The van der Waals surface area contributed by atoms with Crippen molar-refractivity contribution in [2.75, 3.05) is 6.54 Å². The number of carbonyl (C=O) groups is 2. The fourth-order valence-corrected chi connectivity index (χ4v) is 4.68. The number of rotatable bonds is 5. The van der Waals surface area contributed by atoms with Gasteiger partial charge >= 0.3 is 5.97 Å². The summed E-state index contributed by atoms with van der Waals surface area (Å²) in [5, 5.41) is 9.68. The number of allylic oxidation sites excluding steroid dienone is 2. The molecule has 1 heterocycles. The van der Waals surface area contributed by atoms with Gasteiger partial charge in [-0.1, -0.05) is 49.3 Å². The molecule has 0 saturated heterocycles. The lowest BCUT2D eigenvalue weighted by Gasteiger charge is -2.21. The van der Waals surface area contributed by atoms with Crippen molar-refractivity contribution in [3.63, 3.8) is 0 Å². The van der Waals surface area contributed by atoms with Crippen LogP contribution in [0, 0.1) is 11.8 Å². The monoisotopic (exact) mass is 351 g/mol. The highest BCUT2D eigenvalue weighted by atomic mass is 16.4. The van der Waals surface area contributed by atoms with Crippen molar-refractivity contribution in [2.24, 2.45) is 11.8 Å². The highest BCUT2D eigenvalue weighted by molar-refractivity contribution is 5.88. The zero-order valence-corrected chi connectivity index (χ0v) is 14.9. The highest BCUT2D eigenvalue weighted by Crippen LogP contribution is 2.37. The van der Waals surface area contributed by atoms with Crippen LogP contribution in [0.15, 0.2) is 48.2 Å². The second kappa shape index (κ2) is 7.10. The van der Waals surface area contributed by atoms with E-state index in [4.69, 9.17) is 0 Å². The summed E-state index contributed by atoms with van der Waals surface area (Å²) in [6, 6.07) is 8.04. The first-order valence-corrected chi connectivity index (χ1v) is 9.58. The summed E-state index contributed by atoms with van der Waals surface area (Å²) in [6.07, 6.45) is 11.0. The molecule has 4 rings (SSSR count). The first-order chi connectivity index (χ1) is 12.6. The molecule has 1 saturated carbocycles. The minimum absolute atomic E-state index is 0.0260. The molecule has 26 heavy (non-hydrogen) atoms. The van der Waals surface area contributed by atoms with Crippen LogP contribution < -0.4 is 0 Å². The summed E-state index contributed by atoms with van der Waals surface area (Å²) in [4.78, 5) is 26.0. The van der Waals surface area contributed by atoms with Gasteiger partial charge in [-0.3, -0.25) is 9.59 Å². The molecule has 3 aliphatic rings. The maximum Gasteiger partial charge on any atom is 0.311 e. The number of hydrogen-bond acceptors (Lipinski definition) is 3. The van der Waals surface area contributed by atoms with Gasteiger partial charge in [-0.15, -0.1) is 0 Å². The number of aliphatic carboxylic acids is 1. The predicted molar refractivity (Wildman–Crippen MR) is 99.5 cm³/mol. The van der Waals surface area contributed by atoms with Gasteiger partial charge in [-0.2, -0.15) is 0 Å². The van der Waals surface area contributed by atoms with Crippen molar-refractivity contribution < 1.29 is 14.7 Å². The number of fused-ring (bicyclic) bond motifs is 1. The van der Waals surface area contributed by atoms with Crippen LogP contribution in [0.1, 0.15) is 49.1 Å². The molecule has 1 fully saturated rings. The van der Waals surface area contributed by atoms with Gasteiger partial charge in [0.25, 0.3) is 0 Å². The topological polar surface area (TPSA) is 57.6 Å². The van der Waals surface area contributed by atoms with Crippen LogP contribution in [0.4, 0.5) is 0 Å². The Kier molecular flexibility index (Phi) is 4.66. The van der Waals surface area contributed by atoms with Gasteiger partial charge in [-0.05, 0) is 35.5 Å². The first kappa shape index (κ1) is 17.1. The second-order valence-electron chi connectivity index (χ2n) is 7.79. The largest absolute Gasteiger partial charge is 0.481 e. The molecule has 2 unspecified atom stereocenters. The highest BCUT2D eigenvalue weighted by Gasteiger charge is 2.32. The van der Waals surface area contributed by atoms with E-state index in [1.54, 1.807) is 0 Å². The number of benzene rings is 1. The number of nitrogens with zero attached hydrogens (tertiary/aromatic N) is 1. The van der Waals surface area contributed by atoms with Gasteiger partial charge < -0.3 is 10.0 Å². The Morgan fingerprint density at radius 2 is 1.92 bits per heavy atom. The minimum Gasteiger partial charge on any atom is -0.481 e. The van der Waals surface area contributed by atoms with Crippen LogP contribution in [0.25, 0.3) is 0 Å². The molecule has 0 aromatic heterocycles. The molecular formula is C22H25NO3. The van der Waals surface area contributed by atoms with E-state index in [9.17, 15) is 14.7 Å². The van der Waals surface area contributed by atoms with Crippen LogP contribution in [-0.2, 0) is 16.1 Å². The molecule has 4 heteroatoms. The maximum atomic E-state index is 12.0. The molecule has 0 amide bonds. The Labute approximate surface area is 154 Å². The minimum atomic E-state index is -0.705. The number of carboxylic acids is 1. The summed E-state index contributed by atoms with van der Waals surface area (Å²) in [6.45, 7) is 1.50. The third-order valence-corrected chi connectivity index (χ3v) is 6.03. The predicted octanol–water partition coefficient (Wildman–Crippen LogP) is 3.89. The normalized spacial score (nSPS) is 23.8. The molecule has 1 aliphatic heterocycles. The summed E-state index contributed by atoms with van der Waals surface area (Å²) >= 11 is 0. The van der Waals surface area contributed by atoms with Crippen molar-refractivity contribution in [1.82, 2.24) is 4.90 Å². The molecule has 0 radical (unpaired) electrons. The van der Waals surface area contributed by atoms with Crippen molar-refractivity contribution >= 4 is 11.8 Å². The van der Waals surface area contributed by atoms with Gasteiger partial charge in [0.15, 0.2) is 0 Å². The third kappa shape index (κ3) is 3.33. The molecular weight excluding hydrogens is 326 g/mol. The number of carboxylic acid groups (broad SMARTS) is 1. The van der Waals surface area contributed by atoms with Crippen LogP contribution >= 0.6 is 0 Å². The smallest absolute Gasteiger partial charge is 0.311 e. The fourth-order valence-electron chi connectivity index (χ4n) is 4.68. The van der Waals surface area contributed by atoms with E-state index < -0.39 is 5.97 Å². The van der Waals surface area contributed by atoms with E-state index in [1.165, 1.54) is 0 Å². The van der Waals surface area contributed by atoms with Crippen molar-refractivity contribution in [3.05, 3.63) is 59.3 Å². The van der Waals surface area contributed by atoms with Crippen LogP contribution in [0.5, 0.6) is 0 Å². The average molecular weight is 351 g/mol. The third-order valence-electron chi connectivity index (χ3n) is 6.03. The molecule has 0 bridgehead atoms. The average Bonchev–Trinajstić information content (AvgIpc) is 3.27. The molecule has 1 N–H and O–H groups in total. The number of Topliss-reactive ketones (excluding diaryl/α,β-unsaturated/α-hetero) is 1. The number of carbonyl (C=O) groups excluding carboxylic acids is 1. The Morgan fingerprint density at radius 3 is 2.58 bits per heavy atom. The van der Waals surface area contributed by atoms with E-state index >= 15 is 0 Å². The Morgan fingerprint density at radius 1 is 1.19 bits per heavy atom. The summed E-state index contributed by atoms with van der Waals surface area (Å²) in [5.41, 5.74) is 3.18. The zero-order valence-electron chi connectivity index (χ0n) is 14.9. The lowest BCUT2D eigenvalue weighted by Crippen LogP contribution is -2.24. The van der Waals surface area contributed by atoms with E-state index in [2.05, 4.69) is 17.2 Å². The van der Waals surface area contributed by atoms with E-state index in [-0.39, 0.29) is 17.8 Å². The summed E-state index contributed by atoms with van der Waals surface area (Å²) in [7, 11) is 0. The summed E-state index contributed by atoms with van der Waals surface area (Å²) < 4.78 is 0. The van der Waals surface area contributed by atoms with Crippen LogP contribution in [0.2, 0.25) is 0 Å². The van der Waals surface area contributed by atoms with Crippen molar-refractivity contribution in [1.29, 1.82) is 0 Å². The molecule has 1 aromatic rings. The van der Waals surface area contributed by atoms with Crippen molar-refractivity contribution in [3.8, 4) is 0 Å². The molecule has 1 aromatic carbocycles. The molecule has 136 valence electrons. The standard InChI is InChI=1S/C22H25NO3/c24-20-7-3-6-18-13-23(14-19(18)20)12-15-8-10-17(11-9-15)21(22(25)26)16-4-1-2-5-16/h3,6,8-11,13,16,19,21H,1-2,4-5,7,12,14H2,(H,25,26). The maximum absolute atomic E-state index is 12.0. The second-order valence-corrected chi connectivity index (χ2v) is 7.79. The molecule has 2 aliphatic carbocycles. The van der Waals surface area contributed by atoms with Crippen LogP contribution in [-0.4, -0.2) is 28.3 Å². The quantitative estimate of drug-likeness (QED) is 0.874. The van der Waals surface area contributed by atoms with E-state index in [1.807, 2.05) is 30.3 Å². The van der Waals surface area contributed by atoms with Gasteiger partial charge in [0.1, 0.15) is 5.78 Å². The van der Waals surface area contributed by atoms with E-state index in [0.29, 0.717) is 12.2 Å². The van der Waals surface area contributed by atoms with Gasteiger partial charge in [0, 0.05) is 25.7 Å². The van der Waals surface area contributed by atoms with Gasteiger partial charge in [0.05, 0.1) is 11.8 Å². The molecule has 2 atom stereocenters. The fraction of sp³-hybridized carbons (Fsp3) is 0.455.